The number of morpholine rings is 1. The largest absolute Gasteiger partial charge is 0.378 e. The van der Waals surface area contributed by atoms with E-state index in [1.54, 1.807) is 11.8 Å². The lowest BCUT2D eigenvalue weighted by atomic mass is 10.2. The van der Waals surface area contributed by atoms with Crippen LogP contribution in [-0.4, -0.2) is 54.0 Å². The molecule has 0 aromatic carbocycles. The lowest BCUT2D eigenvalue weighted by molar-refractivity contribution is -0.139. The summed E-state index contributed by atoms with van der Waals surface area (Å²) >= 11 is 7.07. The predicted molar refractivity (Wildman–Crippen MR) is 80.4 cm³/mol. The van der Waals surface area contributed by atoms with Gasteiger partial charge < -0.3 is 15.0 Å². The van der Waals surface area contributed by atoms with E-state index in [2.05, 4.69) is 10.3 Å². The zero-order valence-electron chi connectivity index (χ0n) is 11.8. The maximum atomic E-state index is 12.2. The molecule has 1 unspecified atom stereocenters. The van der Waals surface area contributed by atoms with Crippen LogP contribution >= 0.6 is 22.9 Å². The van der Waals surface area contributed by atoms with Gasteiger partial charge in [0.15, 0.2) is 0 Å². The van der Waals surface area contributed by atoms with E-state index in [1.165, 1.54) is 11.3 Å². The molecule has 0 aliphatic carbocycles. The van der Waals surface area contributed by atoms with Crippen LogP contribution < -0.4 is 5.32 Å². The summed E-state index contributed by atoms with van der Waals surface area (Å²) < 4.78 is 5.20. The fourth-order valence-electron chi connectivity index (χ4n) is 2.04. The first-order chi connectivity index (χ1) is 10.1. The molecule has 1 fully saturated rings. The molecule has 0 bridgehead atoms. The van der Waals surface area contributed by atoms with Gasteiger partial charge in [0.25, 0.3) is 0 Å². The van der Waals surface area contributed by atoms with Crippen molar-refractivity contribution in [2.24, 2.45) is 0 Å². The molecule has 2 amide bonds. The van der Waals surface area contributed by atoms with E-state index in [4.69, 9.17) is 16.3 Å². The van der Waals surface area contributed by atoms with Gasteiger partial charge in [-0.2, -0.15) is 0 Å². The van der Waals surface area contributed by atoms with Crippen LogP contribution in [0.25, 0.3) is 0 Å². The Morgan fingerprint density at radius 2 is 2.24 bits per heavy atom. The molecular weight excluding hydrogens is 314 g/mol. The predicted octanol–water partition coefficient (Wildman–Crippen LogP) is 0.788. The normalized spacial score (nSPS) is 16.6. The Labute approximate surface area is 132 Å². The molecule has 1 N–H and O–H groups in total. The van der Waals surface area contributed by atoms with Gasteiger partial charge in [-0.05, 0) is 6.92 Å². The van der Waals surface area contributed by atoms with E-state index in [-0.39, 0.29) is 18.2 Å². The molecule has 2 heterocycles. The second-order valence-electron chi connectivity index (χ2n) is 4.77. The highest BCUT2D eigenvalue weighted by Gasteiger charge is 2.23. The summed E-state index contributed by atoms with van der Waals surface area (Å²) in [6.07, 6.45) is 0.169. The molecular formula is C13H18ClN3O3S. The highest BCUT2D eigenvalue weighted by atomic mass is 35.5. The van der Waals surface area contributed by atoms with E-state index in [1.807, 2.05) is 5.38 Å². The molecule has 2 rings (SSSR count). The van der Waals surface area contributed by atoms with Crippen molar-refractivity contribution in [1.29, 1.82) is 0 Å². The number of halogens is 1. The third-order valence-corrected chi connectivity index (χ3v) is 4.29. The van der Waals surface area contributed by atoms with Crippen LogP contribution in [0.15, 0.2) is 5.38 Å². The Morgan fingerprint density at radius 3 is 2.86 bits per heavy atom. The average Bonchev–Trinajstić information content (AvgIpc) is 2.94. The molecule has 1 aliphatic rings. The summed E-state index contributed by atoms with van der Waals surface area (Å²) in [6, 6.07) is -0.539. The van der Waals surface area contributed by atoms with Crippen molar-refractivity contribution in [2.45, 2.75) is 25.3 Å². The average molecular weight is 332 g/mol. The van der Waals surface area contributed by atoms with Gasteiger partial charge in [0, 0.05) is 18.5 Å². The molecule has 1 aliphatic heterocycles. The molecule has 21 heavy (non-hydrogen) atoms. The van der Waals surface area contributed by atoms with E-state index >= 15 is 0 Å². The van der Waals surface area contributed by atoms with E-state index in [9.17, 15) is 9.59 Å². The summed E-state index contributed by atoms with van der Waals surface area (Å²) in [4.78, 5) is 30.0. The molecule has 116 valence electrons. The van der Waals surface area contributed by atoms with Crippen molar-refractivity contribution in [3.05, 3.63) is 16.1 Å². The van der Waals surface area contributed by atoms with Gasteiger partial charge in [-0.15, -0.1) is 22.9 Å². The number of carbonyl (C=O) groups is 2. The zero-order valence-corrected chi connectivity index (χ0v) is 13.4. The Morgan fingerprint density at radius 1 is 1.52 bits per heavy atom. The summed E-state index contributed by atoms with van der Waals surface area (Å²) in [5.74, 6) is 0.0520. The summed E-state index contributed by atoms with van der Waals surface area (Å²) in [5.41, 5.74) is 0.766. The number of rotatable bonds is 5. The number of amides is 2. The maximum absolute atomic E-state index is 12.2. The third kappa shape index (κ3) is 4.66. The molecule has 1 aromatic rings. The number of hydrogen-bond acceptors (Lipinski definition) is 5. The van der Waals surface area contributed by atoms with Gasteiger partial charge in [-0.1, -0.05) is 0 Å². The van der Waals surface area contributed by atoms with Crippen molar-refractivity contribution in [1.82, 2.24) is 15.2 Å². The molecule has 6 nitrogen and oxygen atoms in total. The van der Waals surface area contributed by atoms with Crippen molar-refractivity contribution in [3.63, 3.8) is 0 Å². The first kappa shape index (κ1) is 16.2. The smallest absolute Gasteiger partial charge is 0.245 e. The van der Waals surface area contributed by atoms with Crippen molar-refractivity contribution in [2.75, 3.05) is 26.3 Å². The second kappa shape index (κ2) is 7.72. The van der Waals surface area contributed by atoms with E-state index in [0.717, 1.165) is 5.69 Å². The van der Waals surface area contributed by atoms with Crippen LogP contribution in [0.1, 0.15) is 17.6 Å². The summed E-state index contributed by atoms with van der Waals surface area (Å²) in [7, 11) is 0. The van der Waals surface area contributed by atoms with Crippen molar-refractivity contribution >= 4 is 34.8 Å². The van der Waals surface area contributed by atoms with Crippen LogP contribution in [0.5, 0.6) is 0 Å². The number of ether oxygens (including phenoxy) is 1. The van der Waals surface area contributed by atoms with Gasteiger partial charge in [-0.3, -0.25) is 9.59 Å². The third-order valence-electron chi connectivity index (χ3n) is 3.12. The lowest BCUT2D eigenvalue weighted by Gasteiger charge is -2.29. The quantitative estimate of drug-likeness (QED) is 0.810. The highest BCUT2D eigenvalue weighted by Crippen LogP contribution is 2.12. The van der Waals surface area contributed by atoms with Crippen LogP contribution in [-0.2, 0) is 26.6 Å². The first-order valence-corrected chi connectivity index (χ1v) is 8.16. The van der Waals surface area contributed by atoms with Gasteiger partial charge >= 0.3 is 0 Å². The number of alkyl halides is 1. The van der Waals surface area contributed by atoms with Gasteiger partial charge in [0.05, 0.1) is 31.2 Å². The van der Waals surface area contributed by atoms with Crippen molar-refractivity contribution < 1.29 is 14.3 Å². The monoisotopic (exact) mass is 331 g/mol. The number of nitrogens with zero attached hydrogens (tertiary/aromatic N) is 2. The standard InChI is InChI=1S/C13H18ClN3O3S/c1-9(13(19)17-2-4-20-5-3-17)15-11(18)6-12-16-10(7-14)8-21-12/h8-9H,2-7H2,1H3,(H,15,18). The minimum absolute atomic E-state index is 0.0766. The van der Waals surface area contributed by atoms with Gasteiger partial charge in [0.2, 0.25) is 11.8 Å². The Bertz CT molecular complexity index is 503. The minimum atomic E-state index is -0.539. The van der Waals surface area contributed by atoms with E-state index in [0.29, 0.717) is 37.2 Å². The zero-order chi connectivity index (χ0) is 15.2. The molecule has 1 saturated heterocycles. The number of aromatic nitrogens is 1. The fraction of sp³-hybridized carbons (Fsp3) is 0.615. The highest BCUT2D eigenvalue weighted by molar-refractivity contribution is 7.09. The van der Waals surface area contributed by atoms with Gasteiger partial charge in [-0.25, -0.2) is 4.98 Å². The Balaban J connectivity index is 1.82. The molecule has 0 radical (unpaired) electrons. The minimum Gasteiger partial charge on any atom is -0.378 e. The Hall–Kier alpha value is -1.18. The molecule has 0 spiro atoms. The van der Waals surface area contributed by atoms with Crippen LogP contribution in [0, 0.1) is 0 Å². The molecule has 1 aromatic heterocycles. The molecule has 0 saturated carbocycles. The fourth-order valence-corrected chi connectivity index (χ4v) is 3.06. The first-order valence-electron chi connectivity index (χ1n) is 6.75. The summed E-state index contributed by atoms with van der Waals surface area (Å²) in [6.45, 7) is 3.94. The van der Waals surface area contributed by atoms with Crippen LogP contribution in [0.2, 0.25) is 0 Å². The molecule has 1 atom stereocenters. The summed E-state index contributed by atoms with van der Waals surface area (Å²) in [5, 5.41) is 5.25. The number of nitrogens with one attached hydrogen (secondary N) is 1. The van der Waals surface area contributed by atoms with Gasteiger partial charge in [0.1, 0.15) is 11.0 Å². The second-order valence-corrected chi connectivity index (χ2v) is 5.98. The Kier molecular flexibility index (Phi) is 5.96. The molecule has 8 heteroatoms. The van der Waals surface area contributed by atoms with Crippen LogP contribution in [0.4, 0.5) is 0 Å². The topological polar surface area (TPSA) is 71.5 Å². The van der Waals surface area contributed by atoms with Crippen LogP contribution in [0.3, 0.4) is 0 Å². The number of hydrogen-bond donors (Lipinski definition) is 1. The number of carbonyl (C=O) groups excluding carboxylic acids is 2. The van der Waals surface area contributed by atoms with E-state index < -0.39 is 6.04 Å². The SMILES string of the molecule is CC(NC(=O)Cc1nc(CCl)cs1)C(=O)N1CCOCC1. The lowest BCUT2D eigenvalue weighted by Crippen LogP contribution is -2.50. The number of thiazole rings is 1. The van der Waals surface area contributed by atoms with Crippen molar-refractivity contribution in [3.8, 4) is 0 Å². The maximum Gasteiger partial charge on any atom is 0.245 e.